The molecule has 10 nitrogen and oxygen atoms in total. The summed E-state index contributed by atoms with van der Waals surface area (Å²) in [6.07, 6.45) is 3.74. The molecule has 186 valence electrons. The van der Waals surface area contributed by atoms with Crippen molar-refractivity contribution in [1.29, 1.82) is 0 Å². The second kappa shape index (κ2) is 11.5. The van der Waals surface area contributed by atoms with Gasteiger partial charge in [-0.3, -0.25) is 0 Å². The minimum Gasteiger partial charge on any atom is -0.493 e. The van der Waals surface area contributed by atoms with E-state index >= 15 is 0 Å². The van der Waals surface area contributed by atoms with Crippen LogP contribution in [0, 0.1) is 0 Å². The zero-order chi connectivity index (χ0) is 26.2. The lowest BCUT2D eigenvalue weighted by molar-refractivity contribution is -0.136. The third kappa shape index (κ3) is 5.98. The van der Waals surface area contributed by atoms with Crippen LogP contribution in [0.4, 0.5) is 0 Å². The number of ether oxygens (including phenoxy) is 6. The monoisotopic (exact) mass is 494 g/mol. The first-order chi connectivity index (χ1) is 17.3. The topological polar surface area (TPSA) is 124 Å². The highest BCUT2D eigenvalue weighted by atomic mass is 16.6. The fourth-order valence-electron chi connectivity index (χ4n) is 3.24. The molecule has 0 atom stereocenters. The Morgan fingerprint density at radius 2 is 0.889 bits per heavy atom. The molecule has 3 rings (SSSR count). The number of hydrogen-bond donors (Lipinski definition) is 0. The van der Waals surface area contributed by atoms with E-state index in [2.05, 4.69) is 9.47 Å². The van der Waals surface area contributed by atoms with Crippen LogP contribution in [-0.2, 0) is 28.7 Å². The average molecular weight is 494 g/mol. The van der Waals surface area contributed by atoms with Crippen molar-refractivity contribution >= 4 is 45.4 Å². The zero-order valence-electron chi connectivity index (χ0n) is 19.9. The molecule has 0 fully saturated rings. The van der Waals surface area contributed by atoms with Crippen molar-refractivity contribution in [2.45, 2.75) is 0 Å². The second-order valence-corrected chi connectivity index (χ2v) is 7.07. The zero-order valence-corrected chi connectivity index (χ0v) is 19.9. The fourth-order valence-corrected chi connectivity index (χ4v) is 3.24. The summed E-state index contributed by atoms with van der Waals surface area (Å²) < 4.78 is 30.4. The van der Waals surface area contributed by atoms with Crippen molar-refractivity contribution < 1.29 is 47.6 Å². The third-order valence-electron chi connectivity index (χ3n) is 4.94. The van der Waals surface area contributed by atoms with Crippen LogP contribution in [0.15, 0.2) is 60.7 Å². The number of benzene rings is 3. The first kappa shape index (κ1) is 25.8. The first-order valence-corrected chi connectivity index (χ1v) is 10.4. The number of carbonyl (C=O) groups excluding carboxylic acids is 4. The normalized spacial score (nSPS) is 11.0. The van der Waals surface area contributed by atoms with Crippen LogP contribution in [0.1, 0.15) is 0 Å². The van der Waals surface area contributed by atoms with Crippen LogP contribution in [0.5, 0.6) is 23.0 Å². The van der Waals surface area contributed by atoms with Crippen molar-refractivity contribution in [1.82, 2.24) is 0 Å². The lowest BCUT2D eigenvalue weighted by Crippen LogP contribution is -2.07. The van der Waals surface area contributed by atoms with Gasteiger partial charge in [-0.2, -0.15) is 0 Å². The smallest absolute Gasteiger partial charge is 0.336 e. The molecular weight excluding hydrogens is 472 g/mol. The van der Waals surface area contributed by atoms with Crippen LogP contribution < -0.4 is 18.9 Å². The summed E-state index contributed by atoms with van der Waals surface area (Å²) >= 11 is 0. The lowest BCUT2D eigenvalue weighted by Gasteiger charge is -2.14. The van der Waals surface area contributed by atoms with E-state index in [0.717, 1.165) is 35.1 Å². The molecule has 0 N–H and O–H groups in total. The summed E-state index contributed by atoms with van der Waals surface area (Å²) in [5.74, 6) is -2.26. The van der Waals surface area contributed by atoms with Gasteiger partial charge < -0.3 is 28.4 Å². The van der Waals surface area contributed by atoms with E-state index in [0.29, 0.717) is 10.8 Å². The summed E-state index contributed by atoms with van der Waals surface area (Å²) in [6, 6.07) is 10.2. The van der Waals surface area contributed by atoms with Crippen molar-refractivity contribution in [3.63, 3.8) is 0 Å². The van der Waals surface area contributed by atoms with Crippen LogP contribution in [0.3, 0.4) is 0 Å². The van der Waals surface area contributed by atoms with E-state index in [1.807, 2.05) is 12.1 Å². The minimum atomic E-state index is -0.813. The number of fused-ring (bicyclic) bond motifs is 3. The van der Waals surface area contributed by atoms with Crippen LogP contribution in [-0.4, -0.2) is 52.3 Å². The molecule has 3 aromatic carbocycles. The van der Waals surface area contributed by atoms with Gasteiger partial charge >= 0.3 is 23.9 Å². The van der Waals surface area contributed by atoms with Gasteiger partial charge in [0.15, 0.2) is 23.0 Å². The molecule has 36 heavy (non-hydrogen) atoms. The predicted octanol–water partition coefficient (Wildman–Crippen LogP) is 3.28. The molecule has 0 unspecified atom stereocenters. The van der Waals surface area contributed by atoms with E-state index in [1.165, 1.54) is 28.4 Å². The minimum absolute atomic E-state index is 0.104. The Bertz CT molecular complexity index is 1290. The molecule has 0 bridgehead atoms. The molecule has 3 aromatic rings. The van der Waals surface area contributed by atoms with E-state index in [9.17, 15) is 19.2 Å². The Morgan fingerprint density at radius 3 is 1.22 bits per heavy atom. The van der Waals surface area contributed by atoms with Crippen molar-refractivity contribution in [2.75, 3.05) is 28.4 Å². The summed E-state index contributed by atoms with van der Waals surface area (Å²) in [5.41, 5.74) is 0. The summed E-state index contributed by atoms with van der Waals surface area (Å²) in [4.78, 5) is 46.9. The summed E-state index contributed by atoms with van der Waals surface area (Å²) in [7, 11) is 5.22. The predicted molar refractivity (Wildman–Crippen MR) is 128 cm³/mol. The maximum absolute atomic E-state index is 12.2. The molecule has 0 aliphatic rings. The lowest BCUT2D eigenvalue weighted by atomic mass is 10.0. The summed E-state index contributed by atoms with van der Waals surface area (Å²) in [5, 5.41) is 2.80. The Balaban J connectivity index is 2.07. The first-order valence-electron chi connectivity index (χ1n) is 10.4. The second-order valence-electron chi connectivity index (χ2n) is 7.07. The standard InChI is InChI=1S/C26H22O10/c1-31-19-11-15-5-6-16-12-20(32-2)22(36-26(30)10-8-24(28)34-4)14-18(16)17(15)13-21(19)35-25(29)9-7-23(27)33-3/h5-14H,1-4H3/b9-7+,10-8+. The number of rotatable bonds is 8. The average Bonchev–Trinajstić information content (AvgIpc) is 2.89. The largest absolute Gasteiger partial charge is 0.493 e. The highest BCUT2D eigenvalue weighted by molar-refractivity contribution is 6.10. The molecule has 0 saturated heterocycles. The molecule has 0 heterocycles. The fraction of sp³-hybridized carbons (Fsp3) is 0.154. The Morgan fingerprint density at radius 1 is 0.528 bits per heavy atom. The molecule has 0 amide bonds. The van der Waals surface area contributed by atoms with Gasteiger partial charge in [-0.1, -0.05) is 12.1 Å². The molecule has 0 aliphatic carbocycles. The molecule has 0 saturated carbocycles. The number of methoxy groups -OCH3 is 4. The van der Waals surface area contributed by atoms with Gasteiger partial charge in [-0.15, -0.1) is 0 Å². The quantitative estimate of drug-likeness (QED) is 0.199. The van der Waals surface area contributed by atoms with Crippen LogP contribution >= 0.6 is 0 Å². The van der Waals surface area contributed by atoms with E-state index in [-0.39, 0.29) is 23.0 Å². The van der Waals surface area contributed by atoms with Gasteiger partial charge in [-0.25, -0.2) is 19.2 Å². The Hall–Kier alpha value is -4.86. The highest BCUT2D eigenvalue weighted by Crippen LogP contribution is 2.40. The maximum atomic E-state index is 12.2. The van der Waals surface area contributed by atoms with E-state index < -0.39 is 23.9 Å². The maximum Gasteiger partial charge on any atom is 0.336 e. The van der Waals surface area contributed by atoms with Gasteiger partial charge in [0.1, 0.15) is 0 Å². The summed E-state index contributed by atoms with van der Waals surface area (Å²) in [6.45, 7) is 0. The molecule has 0 spiro atoms. The van der Waals surface area contributed by atoms with Gasteiger partial charge in [0.25, 0.3) is 0 Å². The van der Waals surface area contributed by atoms with Crippen molar-refractivity contribution in [2.24, 2.45) is 0 Å². The number of carbonyl (C=O) groups is 4. The van der Waals surface area contributed by atoms with Crippen molar-refractivity contribution in [3.05, 3.63) is 60.7 Å². The molecule has 0 aromatic heterocycles. The molecular formula is C26H22O10. The molecule has 10 heteroatoms. The molecule has 0 aliphatic heterocycles. The van der Waals surface area contributed by atoms with Crippen molar-refractivity contribution in [3.8, 4) is 23.0 Å². The molecule has 0 radical (unpaired) electrons. The van der Waals surface area contributed by atoms with E-state index in [1.54, 1.807) is 24.3 Å². The SMILES string of the molecule is COC(=O)/C=C/C(=O)Oc1cc2c(ccc3cc(OC)c(OC(=O)/C=C/C(=O)OC)cc32)cc1OC. The van der Waals surface area contributed by atoms with E-state index in [4.69, 9.17) is 18.9 Å². The van der Waals surface area contributed by atoms with Crippen LogP contribution in [0.25, 0.3) is 21.5 Å². The van der Waals surface area contributed by atoms with Crippen LogP contribution in [0.2, 0.25) is 0 Å². The third-order valence-corrected chi connectivity index (χ3v) is 4.94. The van der Waals surface area contributed by atoms with Gasteiger partial charge in [0, 0.05) is 24.3 Å². The van der Waals surface area contributed by atoms with Gasteiger partial charge in [0.05, 0.1) is 28.4 Å². The van der Waals surface area contributed by atoms with Gasteiger partial charge in [0.2, 0.25) is 0 Å². The number of esters is 4. The highest BCUT2D eigenvalue weighted by Gasteiger charge is 2.16. The van der Waals surface area contributed by atoms with Gasteiger partial charge in [-0.05, 0) is 45.8 Å². The Labute approximate surface area is 205 Å². The Kier molecular flexibility index (Phi) is 8.24. The number of hydrogen-bond acceptors (Lipinski definition) is 10.